The van der Waals surface area contributed by atoms with Gasteiger partial charge in [0, 0.05) is 17.8 Å². The minimum atomic E-state index is -4.52. The van der Waals surface area contributed by atoms with Crippen LogP contribution in [0.5, 0.6) is 5.75 Å². The van der Waals surface area contributed by atoms with E-state index in [0.29, 0.717) is 17.1 Å². The summed E-state index contributed by atoms with van der Waals surface area (Å²) < 4.78 is 45.9. The van der Waals surface area contributed by atoms with Gasteiger partial charge in [0.25, 0.3) is 0 Å². The van der Waals surface area contributed by atoms with E-state index in [1.165, 1.54) is 40.1 Å². The molecule has 0 spiro atoms. The monoisotopic (exact) mass is 512 g/mol. The Morgan fingerprint density at radius 3 is 2.44 bits per heavy atom. The van der Waals surface area contributed by atoms with Gasteiger partial charge in [-0.05, 0) is 59.4 Å². The summed E-state index contributed by atoms with van der Waals surface area (Å²) in [6.07, 6.45) is -4.52. The molecule has 4 aromatic rings. The van der Waals surface area contributed by atoms with Crippen molar-refractivity contribution in [1.29, 1.82) is 0 Å². The predicted molar refractivity (Wildman–Crippen MR) is 130 cm³/mol. The van der Waals surface area contributed by atoms with Gasteiger partial charge in [-0.2, -0.15) is 13.2 Å². The van der Waals surface area contributed by atoms with E-state index in [2.05, 4.69) is 19.4 Å². The second kappa shape index (κ2) is 9.28. The van der Waals surface area contributed by atoms with E-state index in [1.54, 1.807) is 6.07 Å². The lowest BCUT2D eigenvalue weighted by molar-refractivity contribution is -0.137. The zero-order valence-electron chi connectivity index (χ0n) is 18.7. The Hall–Kier alpha value is -3.91. The highest BCUT2D eigenvalue weighted by molar-refractivity contribution is 7.27. The number of phenolic OH excluding ortho intramolecular Hbond substituents is 1. The van der Waals surface area contributed by atoms with Gasteiger partial charge in [-0.1, -0.05) is 24.3 Å². The highest BCUT2D eigenvalue weighted by atomic mass is 31.0. The number of aromatic nitrogens is 2. The van der Waals surface area contributed by atoms with E-state index in [0.717, 1.165) is 23.0 Å². The van der Waals surface area contributed by atoms with Crippen LogP contribution in [0, 0.1) is 0 Å². The maximum atomic E-state index is 13.5. The number of urea groups is 1. The average Bonchev–Trinajstić information content (AvgIpc) is 3.45. The Bertz CT molecular complexity index is 1390. The number of hydrogen-bond acceptors (Lipinski definition) is 5. The largest absolute Gasteiger partial charge is 0.508 e. The van der Waals surface area contributed by atoms with E-state index in [-0.39, 0.29) is 24.7 Å². The molecule has 2 heterocycles. The standard InChI is InChI=1S/C25H20F3N4O3P/c26-25(27,28)17-3-1-2-16(12-17)21-13-31(24(34)32(21)18-6-8-19(33)9-7-18)14-22-29-30-23(35-22)15-4-10-20(36)11-5-15/h1-12,21,33H,13-14,36H2. The smallest absolute Gasteiger partial charge is 0.416 e. The molecule has 2 amide bonds. The number of halogens is 3. The lowest BCUT2D eigenvalue weighted by Gasteiger charge is -2.24. The van der Waals surface area contributed by atoms with Crippen molar-refractivity contribution in [2.24, 2.45) is 0 Å². The number of phenols is 1. The minimum Gasteiger partial charge on any atom is -0.508 e. The summed E-state index contributed by atoms with van der Waals surface area (Å²) in [4.78, 5) is 16.3. The Balaban J connectivity index is 1.45. The van der Waals surface area contributed by atoms with Gasteiger partial charge < -0.3 is 14.4 Å². The van der Waals surface area contributed by atoms with E-state index >= 15 is 0 Å². The van der Waals surface area contributed by atoms with Gasteiger partial charge in [0.15, 0.2) is 0 Å². The maximum absolute atomic E-state index is 13.5. The van der Waals surface area contributed by atoms with Crippen LogP contribution in [0.25, 0.3) is 11.5 Å². The van der Waals surface area contributed by atoms with E-state index in [9.17, 15) is 23.1 Å². The van der Waals surface area contributed by atoms with Crippen molar-refractivity contribution in [2.75, 3.05) is 11.4 Å². The third-order valence-electron chi connectivity index (χ3n) is 5.86. The first-order valence-electron chi connectivity index (χ1n) is 10.9. The Labute approximate surface area is 206 Å². The van der Waals surface area contributed by atoms with Crippen molar-refractivity contribution in [3.05, 3.63) is 89.8 Å². The summed E-state index contributed by atoms with van der Waals surface area (Å²) in [7, 11) is 2.59. The quantitative estimate of drug-likeness (QED) is 0.375. The van der Waals surface area contributed by atoms with Crippen LogP contribution in [0.1, 0.15) is 23.1 Å². The topological polar surface area (TPSA) is 82.7 Å². The van der Waals surface area contributed by atoms with Crippen LogP contribution >= 0.6 is 9.24 Å². The van der Waals surface area contributed by atoms with E-state index in [4.69, 9.17) is 4.42 Å². The van der Waals surface area contributed by atoms with Crippen molar-refractivity contribution in [3.8, 4) is 17.2 Å². The number of anilines is 1. The molecule has 184 valence electrons. The Morgan fingerprint density at radius 2 is 1.75 bits per heavy atom. The molecule has 1 aliphatic rings. The number of aromatic hydroxyl groups is 1. The van der Waals surface area contributed by atoms with Gasteiger partial charge in [0.05, 0.1) is 11.6 Å². The minimum absolute atomic E-state index is 0.00552. The fraction of sp³-hybridized carbons (Fsp3) is 0.160. The fourth-order valence-electron chi connectivity index (χ4n) is 4.09. The molecule has 7 nitrogen and oxygen atoms in total. The summed E-state index contributed by atoms with van der Waals surface area (Å²) in [6, 6.07) is 17.1. The Morgan fingerprint density at radius 1 is 1.03 bits per heavy atom. The first kappa shape index (κ1) is 23.8. The molecule has 5 rings (SSSR count). The fourth-order valence-corrected chi connectivity index (χ4v) is 4.28. The van der Waals surface area contributed by atoms with Crippen LogP contribution in [-0.2, 0) is 12.7 Å². The zero-order valence-corrected chi connectivity index (χ0v) is 19.8. The van der Waals surface area contributed by atoms with Gasteiger partial charge in [0.2, 0.25) is 11.8 Å². The average molecular weight is 512 g/mol. The van der Waals surface area contributed by atoms with E-state index in [1.807, 2.05) is 24.3 Å². The number of hydrogen-bond donors (Lipinski definition) is 1. The first-order valence-corrected chi connectivity index (χ1v) is 11.5. The molecule has 1 fully saturated rings. The third kappa shape index (κ3) is 4.77. The molecular weight excluding hydrogens is 492 g/mol. The van der Waals surface area contributed by atoms with E-state index < -0.39 is 23.8 Å². The first-order chi connectivity index (χ1) is 17.2. The van der Waals surface area contributed by atoms with Crippen LogP contribution in [0.15, 0.2) is 77.2 Å². The summed E-state index contributed by atoms with van der Waals surface area (Å²) in [5.74, 6) is 0.501. The molecule has 0 radical (unpaired) electrons. The number of alkyl halides is 3. The number of carbonyl (C=O) groups excluding carboxylic acids is 1. The van der Waals surface area contributed by atoms with Crippen molar-refractivity contribution in [3.63, 3.8) is 0 Å². The molecule has 3 aromatic carbocycles. The second-order valence-electron chi connectivity index (χ2n) is 8.31. The second-order valence-corrected chi connectivity index (χ2v) is 8.98. The van der Waals surface area contributed by atoms with Gasteiger partial charge in [0.1, 0.15) is 12.3 Å². The van der Waals surface area contributed by atoms with Crippen LogP contribution in [0.3, 0.4) is 0 Å². The lowest BCUT2D eigenvalue weighted by Crippen LogP contribution is -2.32. The summed E-state index contributed by atoms with van der Waals surface area (Å²) in [5.41, 5.74) is 0.693. The summed E-state index contributed by atoms with van der Waals surface area (Å²) >= 11 is 0. The van der Waals surface area contributed by atoms with Crippen LogP contribution in [-0.4, -0.2) is 32.8 Å². The molecule has 0 aliphatic carbocycles. The normalized spacial score (nSPS) is 16.1. The molecule has 1 N–H and O–H groups in total. The van der Waals surface area contributed by atoms with Gasteiger partial charge in [-0.25, -0.2) is 4.79 Å². The van der Waals surface area contributed by atoms with Crippen LogP contribution in [0.4, 0.5) is 23.7 Å². The van der Waals surface area contributed by atoms with Crippen molar-refractivity contribution >= 4 is 26.3 Å². The molecule has 1 aromatic heterocycles. The number of rotatable bonds is 5. The van der Waals surface area contributed by atoms with Gasteiger partial charge >= 0.3 is 12.2 Å². The lowest BCUT2D eigenvalue weighted by atomic mass is 10.0. The molecule has 0 saturated carbocycles. The van der Waals surface area contributed by atoms with Crippen molar-refractivity contribution < 1.29 is 27.5 Å². The molecule has 0 bridgehead atoms. The summed E-state index contributed by atoms with van der Waals surface area (Å²) in [6.45, 7) is 0.0814. The van der Waals surface area contributed by atoms with Crippen LogP contribution in [0.2, 0.25) is 0 Å². The molecule has 1 saturated heterocycles. The molecule has 36 heavy (non-hydrogen) atoms. The highest BCUT2D eigenvalue weighted by Crippen LogP contribution is 2.38. The van der Waals surface area contributed by atoms with Gasteiger partial charge in [-0.3, -0.25) is 4.90 Å². The SMILES string of the molecule is O=C1N(Cc2nnc(-c3ccc(P)cc3)o2)CC(c2cccc(C(F)(F)F)c2)N1c1ccc(O)cc1. The molecular formula is C25H20F3N4O3P. The molecule has 2 unspecified atom stereocenters. The van der Waals surface area contributed by atoms with Crippen molar-refractivity contribution in [1.82, 2.24) is 15.1 Å². The molecule has 2 atom stereocenters. The Kier molecular flexibility index (Phi) is 6.14. The molecule has 1 aliphatic heterocycles. The van der Waals surface area contributed by atoms with Gasteiger partial charge in [-0.15, -0.1) is 19.4 Å². The number of benzene rings is 3. The zero-order chi connectivity index (χ0) is 25.4. The predicted octanol–water partition coefficient (Wildman–Crippen LogP) is 5.14. The maximum Gasteiger partial charge on any atom is 0.416 e. The number of carbonyl (C=O) groups is 1. The number of nitrogens with zero attached hydrogens (tertiary/aromatic N) is 4. The van der Waals surface area contributed by atoms with Crippen molar-refractivity contribution in [2.45, 2.75) is 18.8 Å². The molecule has 11 heteroatoms. The third-order valence-corrected chi connectivity index (χ3v) is 6.24. The van der Waals surface area contributed by atoms with Crippen LogP contribution < -0.4 is 10.2 Å². The summed E-state index contributed by atoms with van der Waals surface area (Å²) in [5, 5.41) is 18.8. The number of amides is 2. The highest BCUT2D eigenvalue weighted by Gasteiger charge is 2.41.